The Bertz CT molecular complexity index is 334. The molecule has 4 nitrogen and oxygen atoms in total. The van der Waals surface area contributed by atoms with Crippen molar-refractivity contribution in [3.8, 4) is 0 Å². The molecule has 1 aromatic heterocycles. The van der Waals surface area contributed by atoms with Crippen LogP contribution in [0, 0.1) is 0 Å². The average molecular weight is 207 g/mol. The Labute approximate surface area is 89.8 Å². The van der Waals surface area contributed by atoms with Crippen LogP contribution in [0.5, 0.6) is 0 Å². The molecule has 0 radical (unpaired) electrons. The second kappa shape index (κ2) is 4.14. The van der Waals surface area contributed by atoms with Crippen LogP contribution in [-0.4, -0.2) is 27.2 Å². The van der Waals surface area contributed by atoms with E-state index in [0.717, 1.165) is 24.4 Å². The predicted molar refractivity (Wildman–Crippen MR) is 58.8 cm³/mol. The maximum absolute atomic E-state index is 9.17. The van der Waals surface area contributed by atoms with E-state index in [2.05, 4.69) is 29.1 Å². The van der Waals surface area contributed by atoms with Crippen molar-refractivity contribution in [2.75, 3.05) is 5.32 Å². The lowest BCUT2D eigenvalue weighted by atomic mass is 9.89. The normalized spacial score (nSPS) is 25.1. The summed E-state index contributed by atoms with van der Waals surface area (Å²) in [5, 5.41) is 12.5. The minimum absolute atomic E-state index is 0.131. The molecule has 1 heterocycles. The Hall–Kier alpha value is -1.16. The van der Waals surface area contributed by atoms with E-state index in [0.29, 0.717) is 12.0 Å². The molecule has 2 rings (SSSR count). The minimum atomic E-state index is -0.131. The fourth-order valence-electron chi connectivity index (χ4n) is 1.68. The van der Waals surface area contributed by atoms with Crippen molar-refractivity contribution in [3.05, 3.63) is 18.1 Å². The number of nitrogens with zero attached hydrogens (tertiary/aromatic N) is 2. The first-order valence-electron chi connectivity index (χ1n) is 5.41. The molecule has 0 aromatic carbocycles. The van der Waals surface area contributed by atoms with Gasteiger partial charge in [-0.15, -0.1) is 0 Å². The molecule has 0 saturated heterocycles. The van der Waals surface area contributed by atoms with E-state index >= 15 is 0 Å². The van der Waals surface area contributed by atoms with Gasteiger partial charge in [-0.2, -0.15) is 0 Å². The monoisotopic (exact) mass is 207 g/mol. The molecule has 1 aliphatic carbocycles. The van der Waals surface area contributed by atoms with Crippen LogP contribution in [0.3, 0.4) is 0 Å². The number of hydrogen-bond acceptors (Lipinski definition) is 4. The van der Waals surface area contributed by atoms with Crippen molar-refractivity contribution in [2.24, 2.45) is 0 Å². The highest BCUT2D eigenvalue weighted by atomic mass is 16.3. The summed E-state index contributed by atoms with van der Waals surface area (Å²) in [5.74, 6) is 1.28. The minimum Gasteiger partial charge on any atom is -0.393 e. The zero-order chi connectivity index (χ0) is 10.8. The first-order valence-corrected chi connectivity index (χ1v) is 5.41. The third kappa shape index (κ3) is 2.45. The van der Waals surface area contributed by atoms with Gasteiger partial charge < -0.3 is 10.4 Å². The number of rotatable bonds is 3. The quantitative estimate of drug-likeness (QED) is 0.789. The summed E-state index contributed by atoms with van der Waals surface area (Å²) in [4.78, 5) is 8.37. The van der Waals surface area contributed by atoms with Crippen molar-refractivity contribution < 1.29 is 5.11 Å². The van der Waals surface area contributed by atoms with Crippen LogP contribution >= 0.6 is 0 Å². The number of aromatic nitrogens is 2. The van der Waals surface area contributed by atoms with Crippen LogP contribution in [-0.2, 0) is 0 Å². The lowest BCUT2D eigenvalue weighted by molar-refractivity contribution is 0.0835. The van der Waals surface area contributed by atoms with Crippen molar-refractivity contribution in [1.82, 2.24) is 9.97 Å². The Morgan fingerprint density at radius 1 is 1.40 bits per heavy atom. The number of anilines is 1. The number of nitrogens with one attached hydrogen (secondary N) is 1. The average Bonchev–Trinajstić information content (AvgIpc) is 2.16. The van der Waals surface area contributed by atoms with Gasteiger partial charge in [0.15, 0.2) is 0 Å². The van der Waals surface area contributed by atoms with Crippen LogP contribution in [0.2, 0.25) is 0 Å². The summed E-state index contributed by atoms with van der Waals surface area (Å²) < 4.78 is 0. The molecular formula is C11H17N3O. The van der Waals surface area contributed by atoms with Gasteiger partial charge in [-0.3, -0.25) is 0 Å². The van der Waals surface area contributed by atoms with Gasteiger partial charge in [0.25, 0.3) is 0 Å². The molecule has 4 heteroatoms. The van der Waals surface area contributed by atoms with E-state index in [-0.39, 0.29) is 6.10 Å². The van der Waals surface area contributed by atoms with E-state index in [1.165, 1.54) is 0 Å². The molecule has 0 amide bonds. The van der Waals surface area contributed by atoms with Crippen LogP contribution < -0.4 is 5.32 Å². The molecule has 1 aromatic rings. The molecule has 1 aliphatic rings. The molecule has 0 bridgehead atoms. The molecule has 2 N–H and O–H groups in total. The predicted octanol–water partition coefficient (Wildman–Crippen LogP) is 1.54. The SMILES string of the molecule is CC(C)c1cc(N[C@H]2C[C@@H](O)C2)ncn1. The molecule has 1 fully saturated rings. The van der Waals surface area contributed by atoms with E-state index in [9.17, 15) is 0 Å². The van der Waals surface area contributed by atoms with Gasteiger partial charge in [0, 0.05) is 17.8 Å². The summed E-state index contributed by atoms with van der Waals surface area (Å²) in [5.41, 5.74) is 1.05. The third-order valence-corrected chi connectivity index (χ3v) is 2.74. The summed E-state index contributed by atoms with van der Waals surface area (Å²) >= 11 is 0. The van der Waals surface area contributed by atoms with Gasteiger partial charge in [-0.25, -0.2) is 9.97 Å². The Balaban J connectivity index is 1.99. The zero-order valence-corrected chi connectivity index (χ0v) is 9.14. The van der Waals surface area contributed by atoms with Gasteiger partial charge in [-0.1, -0.05) is 13.8 Å². The summed E-state index contributed by atoms with van der Waals surface area (Å²) in [7, 11) is 0. The fourth-order valence-corrected chi connectivity index (χ4v) is 1.68. The molecule has 0 aliphatic heterocycles. The second-order valence-corrected chi connectivity index (χ2v) is 4.45. The van der Waals surface area contributed by atoms with Crippen molar-refractivity contribution in [2.45, 2.75) is 44.8 Å². The molecule has 15 heavy (non-hydrogen) atoms. The number of aliphatic hydroxyl groups is 1. The van der Waals surface area contributed by atoms with Crippen LogP contribution in [0.4, 0.5) is 5.82 Å². The molecule has 0 unspecified atom stereocenters. The van der Waals surface area contributed by atoms with Crippen LogP contribution in [0.25, 0.3) is 0 Å². The van der Waals surface area contributed by atoms with Gasteiger partial charge in [0.05, 0.1) is 6.10 Å². The lowest BCUT2D eigenvalue weighted by Crippen LogP contribution is -2.39. The summed E-state index contributed by atoms with van der Waals surface area (Å²) in [6.45, 7) is 4.22. The van der Waals surface area contributed by atoms with E-state index in [4.69, 9.17) is 5.11 Å². The first-order chi connectivity index (χ1) is 7.15. The Morgan fingerprint density at radius 3 is 2.73 bits per heavy atom. The highest BCUT2D eigenvalue weighted by Crippen LogP contribution is 2.23. The molecule has 0 spiro atoms. The summed E-state index contributed by atoms with van der Waals surface area (Å²) in [6, 6.07) is 2.35. The second-order valence-electron chi connectivity index (χ2n) is 4.45. The van der Waals surface area contributed by atoms with E-state index < -0.39 is 0 Å². The molecule has 0 atom stereocenters. The van der Waals surface area contributed by atoms with E-state index in [1.54, 1.807) is 6.33 Å². The van der Waals surface area contributed by atoms with Crippen LogP contribution in [0.15, 0.2) is 12.4 Å². The first kappa shape index (κ1) is 10.4. The van der Waals surface area contributed by atoms with Crippen LogP contribution in [0.1, 0.15) is 38.3 Å². The van der Waals surface area contributed by atoms with Gasteiger partial charge >= 0.3 is 0 Å². The summed E-state index contributed by atoms with van der Waals surface area (Å²) in [6.07, 6.45) is 3.10. The maximum atomic E-state index is 9.17. The fraction of sp³-hybridized carbons (Fsp3) is 0.636. The van der Waals surface area contributed by atoms with Gasteiger partial charge in [0.1, 0.15) is 12.1 Å². The number of aliphatic hydroxyl groups excluding tert-OH is 1. The third-order valence-electron chi connectivity index (χ3n) is 2.74. The van der Waals surface area contributed by atoms with E-state index in [1.807, 2.05) is 6.07 Å². The molecule has 1 saturated carbocycles. The maximum Gasteiger partial charge on any atom is 0.129 e. The standard InChI is InChI=1S/C11H17N3O/c1-7(2)10-5-11(13-6-12-10)14-8-3-9(15)4-8/h5-9,15H,3-4H2,1-2H3,(H,12,13,14)/t8-,9+. The number of hydrogen-bond donors (Lipinski definition) is 2. The molecular weight excluding hydrogens is 190 g/mol. The highest BCUT2D eigenvalue weighted by Gasteiger charge is 2.27. The smallest absolute Gasteiger partial charge is 0.129 e. The molecule has 82 valence electrons. The largest absolute Gasteiger partial charge is 0.393 e. The topological polar surface area (TPSA) is 58.0 Å². The van der Waals surface area contributed by atoms with Gasteiger partial charge in [0.2, 0.25) is 0 Å². The van der Waals surface area contributed by atoms with Gasteiger partial charge in [-0.05, 0) is 18.8 Å². The van der Waals surface area contributed by atoms with Crippen molar-refractivity contribution >= 4 is 5.82 Å². The van der Waals surface area contributed by atoms with Crippen molar-refractivity contribution in [1.29, 1.82) is 0 Å². The Kier molecular flexibility index (Phi) is 2.86. The van der Waals surface area contributed by atoms with Crippen molar-refractivity contribution in [3.63, 3.8) is 0 Å². The zero-order valence-electron chi connectivity index (χ0n) is 9.14. The highest BCUT2D eigenvalue weighted by molar-refractivity contribution is 5.37. The Morgan fingerprint density at radius 2 is 2.13 bits per heavy atom. The lowest BCUT2D eigenvalue weighted by Gasteiger charge is -2.32.